The van der Waals surface area contributed by atoms with Crippen molar-refractivity contribution in [1.82, 2.24) is 4.23 Å². The molecule has 8 heteroatoms. The van der Waals surface area contributed by atoms with Crippen molar-refractivity contribution in [3.8, 4) is 5.75 Å². The molecule has 3 saturated heterocycles. The number of carbonyl (C=O) groups excluding carboxylic acids is 1. The highest BCUT2D eigenvalue weighted by atomic mass is 28.4. The molecule has 0 aliphatic carbocycles. The highest BCUT2D eigenvalue weighted by Gasteiger charge is 2.63. The summed E-state index contributed by atoms with van der Waals surface area (Å²) >= 11 is 0. The van der Waals surface area contributed by atoms with Crippen molar-refractivity contribution in [3.05, 3.63) is 24.3 Å². The van der Waals surface area contributed by atoms with Crippen molar-refractivity contribution in [2.24, 2.45) is 0 Å². The molecule has 0 unspecified atom stereocenters. The van der Waals surface area contributed by atoms with E-state index in [0.717, 1.165) is 11.4 Å². The Morgan fingerprint density at radius 1 is 1.07 bits per heavy atom. The van der Waals surface area contributed by atoms with E-state index in [0.29, 0.717) is 6.61 Å². The molecule has 3 aliphatic heterocycles. The molecular formula is C21H34N2O4Si2. The summed E-state index contributed by atoms with van der Waals surface area (Å²) in [7, 11) is -1.59. The average molecular weight is 435 g/mol. The van der Waals surface area contributed by atoms with E-state index in [9.17, 15) is 4.79 Å². The second-order valence-corrected chi connectivity index (χ2v) is 19.9. The van der Waals surface area contributed by atoms with Crippen LogP contribution in [0.3, 0.4) is 0 Å². The molecule has 0 aromatic heterocycles. The fraction of sp³-hybridized carbons (Fsp3) is 0.667. The van der Waals surface area contributed by atoms with E-state index >= 15 is 0 Å². The van der Waals surface area contributed by atoms with Gasteiger partial charge in [0.05, 0.1) is 19.8 Å². The van der Waals surface area contributed by atoms with Gasteiger partial charge in [0.1, 0.15) is 34.4 Å². The summed E-state index contributed by atoms with van der Waals surface area (Å²) in [5, 5.41) is 0. The Hall–Kier alpha value is -1.20. The molecule has 3 fully saturated rings. The van der Waals surface area contributed by atoms with E-state index in [1.165, 1.54) is 12.1 Å². The van der Waals surface area contributed by atoms with Gasteiger partial charge in [0, 0.05) is 5.69 Å². The maximum atomic E-state index is 13.6. The van der Waals surface area contributed by atoms with Gasteiger partial charge in [-0.25, -0.2) is 0 Å². The van der Waals surface area contributed by atoms with Crippen LogP contribution in [0, 0.1) is 0 Å². The molecule has 0 N–H and O–H groups in total. The second kappa shape index (κ2) is 6.91. The number of methoxy groups -OCH3 is 1. The average Bonchev–Trinajstić information content (AvgIpc) is 3.10. The molecule has 0 bridgehead atoms. The van der Waals surface area contributed by atoms with Crippen LogP contribution in [0.1, 0.15) is 13.8 Å². The smallest absolute Gasteiger partial charge is 0.245 e. The Bertz CT molecular complexity index is 780. The SMILES string of the molecule is COc1ccc(N2C(=O)[C@H](N3[Si](C)(C)CC[Si]3(C)C)[C@@H]2[C@H]2COC(C)(C)O2)cc1. The van der Waals surface area contributed by atoms with E-state index in [1.807, 2.05) is 43.0 Å². The van der Waals surface area contributed by atoms with Gasteiger partial charge in [0.25, 0.3) is 0 Å². The first-order valence-electron chi connectivity index (χ1n) is 10.6. The summed E-state index contributed by atoms with van der Waals surface area (Å²) in [6.45, 7) is 14.1. The lowest BCUT2D eigenvalue weighted by Crippen LogP contribution is -2.80. The van der Waals surface area contributed by atoms with E-state index in [4.69, 9.17) is 14.2 Å². The third-order valence-corrected chi connectivity index (χ3v) is 17.0. The largest absolute Gasteiger partial charge is 0.497 e. The Kier molecular flexibility index (Phi) is 5.02. The molecular weight excluding hydrogens is 400 g/mol. The quantitative estimate of drug-likeness (QED) is 0.535. The number of β-lactam (4-membered cyclic amide) rings is 1. The van der Waals surface area contributed by atoms with Crippen LogP contribution in [0.5, 0.6) is 5.75 Å². The highest BCUT2D eigenvalue weighted by molar-refractivity contribution is 6.95. The minimum atomic E-state index is -1.62. The summed E-state index contributed by atoms with van der Waals surface area (Å²) in [6.07, 6.45) is -0.120. The predicted molar refractivity (Wildman–Crippen MR) is 119 cm³/mol. The molecule has 3 heterocycles. The summed E-state index contributed by atoms with van der Waals surface area (Å²) < 4.78 is 20.2. The normalized spacial score (nSPS) is 33.0. The van der Waals surface area contributed by atoms with E-state index < -0.39 is 22.3 Å². The third kappa shape index (κ3) is 3.48. The standard InChI is InChI=1S/C21H34N2O4Si2/c1-21(2)26-14-17(27-21)18-19(23-28(4,5)12-13-29(23,6)7)20(24)22(18)15-8-10-16(25-3)11-9-15/h8-11,17-19H,12-14H2,1-7H3/t17-,18+,19-/m1/s1. The molecule has 1 aromatic carbocycles. The van der Waals surface area contributed by atoms with Crippen LogP contribution in [0.15, 0.2) is 24.3 Å². The number of benzene rings is 1. The first kappa shape index (κ1) is 21.1. The zero-order valence-corrected chi connectivity index (χ0v) is 20.7. The number of amides is 1. The maximum absolute atomic E-state index is 13.6. The first-order valence-corrected chi connectivity index (χ1v) is 16.9. The van der Waals surface area contributed by atoms with Gasteiger partial charge in [0.15, 0.2) is 5.79 Å². The highest BCUT2D eigenvalue weighted by Crippen LogP contribution is 2.46. The van der Waals surface area contributed by atoms with Gasteiger partial charge in [-0.2, -0.15) is 0 Å². The molecule has 1 aromatic rings. The number of hydrogen-bond donors (Lipinski definition) is 0. The Morgan fingerprint density at radius 3 is 2.14 bits per heavy atom. The first-order chi connectivity index (χ1) is 13.5. The monoisotopic (exact) mass is 434 g/mol. The van der Waals surface area contributed by atoms with Crippen LogP contribution < -0.4 is 9.64 Å². The number of nitrogens with zero attached hydrogens (tertiary/aromatic N) is 2. The zero-order chi connectivity index (χ0) is 21.2. The molecule has 0 spiro atoms. The van der Waals surface area contributed by atoms with Crippen molar-refractivity contribution in [3.63, 3.8) is 0 Å². The van der Waals surface area contributed by atoms with Crippen molar-refractivity contribution in [2.75, 3.05) is 18.6 Å². The molecule has 0 radical (unpaired) electrons. The van der Waals surface area contributed by atoms with Gasteiger partial charge in [-0.05, 0) is 50.2 Å². The van der Waals surface area contributed by atoms with Crippen molar-refractivity contribution < 1.29 is 19.0 Å². The summed E-state index contributed by atoms with van der Waals surface area (Å²) in [5.74, 6) is 0.388. The molecule has 6 nitrogen and oxygen atoms in total. The summed E-state index contributed by atoms with van der Waals surface area (Å²) in [6, 6.07) is 10.2. The topological polar surface area (TPSA) is 51.2 Å². The Labute approximate surface area is 176 Å². The van der Waals surface area contributed by atoms with Gasteiger partial charge >= 0.3 is 0 Å². The summed E-state index contributed by atoms with van der Waals surface area (Å²) in [5.41, 5.74) is 0.906. The van der Waals surface area contributed by atoms with Gasteiger partial charge < -0.3 is 23.3 Å². The van der Waals surface area contributed by atoms with Gasteiger partial charge in [-0.15, -0.1) is 0 Å². The molecule has 0 saturated carbocycles. The van der Waals surface area contributed by atoms with Crippen molar-refractivity contribution >= 4 is 28.1 Å². The number of anilines is 1. The minimum absolute atomic E-state index is 0.0191. The van der Waals surface area contributed by atoms with Crippen LogP contribution in [0.4, 0.5) is 5.69 Å². The maximum Gasteiger partial charge on any atom is 0.245 e. The van der Waals surface area contributed by atoms with E-state index in [2.05, 4.69) is 30.4 Å². The Morgan fingerprint density at radius 2 is 1.66 bits per heavy atom. The lowest BCUT2D eigenvalue weighted by Gasteiger charge is -2.57. The minimum Gasteiger partial charge on any atom is -0.497 e. The number of rotatable bonds is 4. The summed E-state index contributed by atoms with van der Waals surface area (Å²) in [4.78, 5) is 15.5. The van der Waals surface area contributed by atoms with Gasteiger partial charge in [0.2, 0.25) is 5.91 Å². The molecule has 1 amide bonds. The predicted octanol–water partition coefficient (Wildman–Crippen LogP) is 3.66. The lowest BCUT2D eigenvalue weighted by molar-refractivity contribution is -0.151. The van der Waals surface area contributed by atoms with Crippen LogP contribution in [-0.2, 0) is 14.3 Å². The van der Waals surface area contributed by atoms with Gasteiger partial charge in [-0.1, -0.05) is 26.2 Å². The molecule has 160 valence electrons. The van der Waals surface area contributed by atoms with E-state index in [-0.39, 0.29) is 24.1 Å². The van der Waals surface area contributed by atoms with Crippen LogP contribution >= 0.6 is 0 Å². The third-order valence-electron chi connectivity index (χ3n) is 6.81. The van der Waals surface area contributed by atoms with Crippen LogP contribution in [-0.4, -0.2) is 64.3 Å². The number of ether oxygens (including phenoxy) is 3. The van der Waals surface area contributed by atoms with Crippen LogP contribution in [0.25, 0.3) is 0 Å². The zero-order valence-electron chi connectivity index (χ0n) is 18.7. The van der Waals surface area contributed by atoms with Gasteiger partial charge in [-0.3, -0.25) is 4.79 Å². The Balaban J connectivity index is 1.70. The fourth-order valence-electron chi connectivity index (χ4n) is 5.48. The lowest BCUT2D eigenvalue weighted by atomic mass is 9.90. The fourth-order valence-corrected chi connectivity index (χ4v) is 20.1. The van der Waals surface area contributed by atoms with E-state index in [1.54, 1.807) is 7.11 Å². The van der Waals surface area contributed by atoms with Crippen LogP contribution in [0.2, 0.25) is 38.3 Å². The molecule has 4 rings (SSSR count). The second-order valence-electron chi connectivity index (χ2n) is 10.2. The number of hydrogen-bond acceptors (Lipinski definition) is 5. The van der Waals surface area contributed by atoms with Crippen molar-refractivity contribution in [2.45, 2.75) is 76.1 Å². The van der Waals surface area contributed by atoms with Crippen molar-refractivity contribution in [1.29, 1.82) is 0 Å². The molecule has 3 atom stereocenters. The molecule has 29 heavy (non-hydrogen) atoms. The molecule has 3 aliphatic rings. The number of carbonyl (C=O) groups is 1.